The second-order valence-corrected chi connectivity index (χ2v) is 9.36. The van der Waals surface area contributed by atoms with Crippen molar-refractivity contribution in [2.24, 2.45) is 0 Å². The third-order valence-corrected chi connectivity index (χ3v) is 7.00. The van der Waals surface area contributed by atoms with E-state index in [-0.39, 0.29) is 5.82 Å². The van der Waals surface area contributed by atoms with Gasteiger partial charge in [-0.1, -0.05) is 46.3 Å². The standard InChI is InChI=1S/C24H27BrFN5S/c1-17-23(18(2)31(28-17)15-19-7-9-21(26)10-8-19)27-24(32)30-13-11-29(12-14-30)16-20-5-3-4-6-22(20)25/h3-10H,11-16H2,1-2H3,(H,27,32). The van der Waals surface area contributed by atoms with Crippen LogP contribution in [0.2, 0.25) is 0 Å². The minimum atomic E-state index is -0.230. The summed E-state index contributed by atoms with van der Waals surface area (Å²) in [7, 11) is 0. The summed E-state index contributed by atoms with van der Waals surface area (Å²) in [5.41, 5.74) is 5.18. The summed E-state index contributed by atoms with van der Waals surface area (Å²) in [6.07, 6.45) is 0. The van der Waals surface area contributed by atoms with Crippen molar-refractivity contribution in [3.63, 3.8) is 0 Å². The highest BCUT2D eigenvalue weighted by molar-refractivity contribution is 9.10. The molecule has 5 nitrogen and oxygen atoms in total. The number of aromatic nitrogens is 2. The molecule has 1 N–H and O–H groups in total. The van der Waals surface area contributed by atoms with Crippen LogP contribution in [-0.2, 0) is 13.1 Å². The maximum absolute atomic E-state index is 13.2. The van der Waals surface area contributed by atoms with Gasteiger partial charge in [0.05, 0.1) is 23.6 Å². The highest BCUT2D eigenvalue weighted by atomic mass is 79.9. The van der Waals surface area contributed by atoms with Gasteiger partial charge < -0.3 is 10.2 Å². The molecule has 168 valence electrons. The summed E-state index contributed by atoms with van der Waals surface area (Å²) < 4.78 is 16.3. The number of benzene rings is 2. The van der Waals surface area contributed by atoms with Crippen LogP contribution >= 0.6 is 28.1 Å². The predicted octanol–water partition coefficient (Wildman–Crippen LogP) is 4.96. The van der Waals surface area contributed by atoms with E-state index in [2.05, 4.69) is 54.3 Å². The molecule has 0 saturated carbocycles. The van der Waals surface area contributed by atoms with Crippen molar-refractivity contribution in [2.75, 3.05) is 31.5 Å². The van der Waals surface area contributed by atoms with Gasteiger partial charge in [-0.25, -0.2) is 4.39 Å². The summed E-state index contributed by atoms with van der Waals surface area (Å²) in [5.74, 6) is -0.230. The average Bonchev–Trinajstić information content (AvgIpc) is 3.04. The molecule has 1 saturated heterocycles. The maximum atomic E-state index is 13.2. The Morgan fingerprint density at radius 2 is 1.72 bits per heavy atom. The van der Waals surface area contributed by atoms with Crippen LogP contribution in [0.4, 0.5) is 10.1 Å². The zero-order valence-corrected chi connectivity index (χ0v) is 20.7. The van der Waals surface area contributed by atoms with Gasteiger partial charge in [0.25, 0.3) is 0 Å². The second kappa shape index (κ2) is 10.1. The lowest BCUT2D eigenvalue weighted by molar-refractivity contribution is 0.176. The Bertz CT molecular complexity index is 1090. The molecule has 0 unspecified atom stereocenters. The summed E-state index contributed by atoms with van der Waals surface area (Å²) in [5, 5.41) is 8.82. The molecule has 0 spiro atoms. The highest BCUT2D eigenvalue weighted by Crippen LogP contribution is 2.22. The Morgan fingerprint density at radius 1 is 1.03 bits per heavy atom. The first-order valence-corrected chi connectivity index (χ1v) is 11.9. The number of aryl methyl sites for hydroxylation is 1. The monoisotopic (exact) mass is 515 g/mol. The number of hydrogen-bond acceptors (Lipinski definition) is 3. The molecule has 0 radical (unpaired) electrons. The average molecular weight is 516 g/mol. The Balaban J connectivity index is 1.35. The van der Waals surface area contributed by atoms with Gasteiger partial charge in [-0.2, -0.15) is 5.10 Å². The van der Waals surface area contributed by atoms with Crippen molar-refractivity contribution in [2.45, 2.75) is 26.9 Å². The lowest BCUT2D eigenvalue weighted by Crippen LogP contribution is -2.49. The number of nitrogens with one attached hydrogen (secondary N) is 1. The second-order valence-electron chi connectivity index (χ2n) is 8.11. The molecule has 4 rings (SSSR count). The molecule has 32 heavy (non-hydrogen) atoms. The Kier molecular flexibility index (Phi) is 7.23. The normalized spacial score (nSPS) is 14.6. The Morgan fingerprint density at radius 3 is 2.41 bits per heavy atom. The molecule has 1 aliphatic heterocycles. The van der Waals surface area contributed by atoms with Crippen molar-refractivity contribution in [1.82, 2.24) is 19.6 Å². The molecule has 0 bridgehead atoms. The van der Waals surface area contributed by atoms with E-state index in [1.54, 1.807) is 12.1 Å². The highest BCUT2D eigenvalue weighted by Gasteiger charge is 2.21. The zero-order valence-electron chi connectivity index (χ0n) is 18.3. The van der Waals surface area contributed by atoms with E-state index in [0.717, 1.165) is 64.9 Å². The van der Waals surface area contributed by atoms with Crippen LogP contribution in [-0.4, -0.2) is 50.9 Å². The number of thiocarbonyl (C=S) groups is 1. The number of hydrogen-bond donors (Lipinski definition) is 1. The van der Waals surface area contributed by atoms with Crippen molar-refractivity contribution in [3.05, 3.63) is 81.3 Å². The van der Waals surface area contributed by atoms with Gasteiger partial charge in [0, 0.05) is 37.2 Å². The summed E-state index contributed by atoms with van der Waals surface area (Å²) >= 11 is 9.37. The molecule has 8 heteroatoms. The Labute approximate surface area is 202 Å². The van der Waals surface area contributed by atoms with Gasteiger partial charge in [0.15, 0.2) is 5.11 Å². The van der Waals surface area contributed by atoms with Crippen molar-refractivity contribution >= 4 is 38.9 Å². The number of nitrogens with zero attached hydrogens (tertiary/aromatic N) is 4. The van der Waals surface area contributed by atoms with Crippen molar-refractivity contribution < 1.29 is 4.39 Å². The fourth-order valence-electron chi connectivity index (χ4n) is 3.96. The van der Waals surface area contributed by atoms with E-state index in [4.69, 9.17) is 12.2 Å². The smallest absolute Gasteiger partial charge is 0.173 e. The van der Waals surface area contributed by atoms with Crippen LogP contribution in [0, 0.1) is 19.7 Å². The fourth-order valence-corrected chi connectivity index (χ4v) is 4.65. The molecule has 3 aromatic rings. The van der Waals surface area contributed by atoms with E-state index in [9.17, 15) is 4.39 Å². The topological polar surface area (TPSA) is 36.3 Å². The van der Waals surface area contributed by atoms with Gasteiger partial charge in [-0.15, -0.1) is 0 Å². The number of halogens is 2. The minimum Gasteiger partial charge on any atom is -0.346 e. The first-order valence-electron chi connectivity index (χ1n) is 10.7. The van der Waals surface area contributed by atoms with E-state index >= 15 is 0 Å². The van der Waals surface area contributed by atoms with E-state index in [1.165, 1.54) is 17.7 Å². The van der Waals surface area contributed by atoms with E-state index < -0.39 is 0 Å². The van der Waals surface area contributed by atoms with Gasteiger partial charge in [0.2, 0.25) is 0 Å². The molecule has 1 aromatic heterocycles. The molecule has 0 atom stereocenters. The van der Waals surface area contributed by atoms with E-state index in [1.807, 2.05) is 24.6 Å². The molecule has 1 aliphatic rings. The molecule has 2 heterocycles. The molecule has 1 fully saturated rings. The van der Waals surface area contributed by atoms with Crippen LogP contribution < -0.4 is 5.32 Å². The first kappa shape index (κ1) is 22.9. The molecular formula is C24H27BrFN5S. The fraction of sp³-hybridized carbons (Fsp3) is 0.333. The van der Waals surface area contributed by atoms with Crippen LogP contribution in [0.25, 0.3) is 0 Å². The van der Waals surface area contributed by atoms with Crippen LogP contribution in [0.5, 0.6) is 0 Å². The summed E-state index contributed by atoms with van der Waals surface area (Å²) in [6.45, 7) is 9.24. The first-order chi connectivity index (χ1) is 15.4. The third-order valence-electron chi connectivity index (χ3n) is 5.87. The number of piperazine rings is 1. The van der Waals surface area contributed by atoms with Crippen LogP contribution in [0.15, 0.2) is 53.0 Å². The molecular weight excluding hydrogens is 489 g/mol. The van der Waals surface area contributed by atoms with Crippen molar-refractivity contribution in [1.29, 1.82) is 0 Å². The van der Waals surface area contributed by atoms with Gasteiger partial charge in [0.1, 0.15) is 5.82 Å². The van der Waals surface area contributed by atoms with Crippen LogP contribution in [0.3, 0.4) is 0 Å². The van der Waals surface area contributed by atoms with Gasteiger partial charge in [-0.05, 0) is 55.4 Å². The largest absolute Gasteiger partial charge is 0.346 e. The lowest BCUT2D eigenvalue weighted by atomic mass is 10.2. The van der Waals surface area contributed by atoms with Crippen LogP contribution in [0.1, 0.15) is 22.5 Å². The number of rotatable bonds is 5. The minimum absolute atomic E-state index is 0.230. The maximum Gasteiger partial charge on any atom is 0.173 e. The lowest BCUT2D eigenvalue weighted by Gasteiger charge is -2.36. The quantitative estimate of drug-likeness (QED) is 0.485. The SMILES string of the molecule is Cc1nn(Cc2ccc(F)cc2)c(C)c1NC(=S)N1CCN(Cc2ccccc2Br)CC1. The number of anilines is 1. The Hall–Kier alpha value is -2.29. The molecule has 2 aromatic carbocycles. The zero-order chi connectivity index (χ0) is 22.7. The predicted molar refractivity (Wildman–Crippen MR) is 134 cm³/mol. The molecule has 0 amide bonds. The van der Waals surface area contributed by atoms with Crippen molar-refractivity contribution in [3.8, 4) is 0 Å². The summed E-state index contributed by atoms with van der Waals surface area (Å²) in [4.78, 5) is 4.68. The van der Waals surface area contributed by atoms with Gasteiger partial charge in [-0.3, -0.25) is 9.58 Å². The van der Waals surface area contributed by atoms with E-state index in [0.29, 0.717) is 6.54 Å². The molecule has 0 aliphatic carbocycles. The summed E-state index contributed by atoms with van der Waals surface area (Å²) in [6, 6.07) is 14.9. The third kappa shape index (κ3) is 5.36. The van der Waals surface area contributed by atoms with Gasteiger partial charge >= 0.3 is 0 Å².